The summed E-state index contributed by atoms with van der Waals surface area (Å²) < 4.78 is 15.6. The van der Waals surface area contributed by atoms with Crippen LogP contribution in [0, 0.1) is 18.3 Å². The van der Waals surface area contributed by atoms with Crippen molar-refractivity contribution in [1.29, 1.82) is 5.26 Å². The fourth-order valence-corrected chi connectivity index (χ4v) is 4.96. The highest BCUT2D eigenvalue weighted by atomic mass is 16.6. The number of carbonyl (C=O) groups is 1. The first-order chi connectivity index (χ1) is 18.6. The summed E-state index contributed by atoms with van der Waals surface area (Å²) in [5, 5.41) is 18.8. The van der Waals surface area contributed by atoms with Crippen molar-refractivity contribution in [1.82, 2.24) is 29.3 Å². The van der Waals surface area contributed by atoms with Gasteiger partial charge in [0.15, 0.2) is 0 Å². The second kappa shape index (κ2) is 10.4. The molecule has 39 heavy (non-hydrogen) atoms. The van der Waals surface area contributed by atoms with Crippen molar-refractivity contribution in [3.8, 4) is 22.9 Å². The zero-order valence-corrected chi connectivity index (χ0v) is 23.0. The van der Waals surface area contributed by atoms with Gasteiger partial charge in [-0.1, -0.05) is 6.07 Å². The number of hydrogen-bond acceptors (Lipinski definition) is 7. The molecule has 1 atom stereocenters. The lowest BCUT2D eigenvalue weighted by Gasteiger charge is -2.33. The third-order valence-electron chi connectivity index (χ3n) is 6.92. The Bertz CT molecular complexity index is 1520. The number of fused-ring (bicyclic) bond motifs is 1. The molecule has 1 aliphatic rings. The second-order valence-electron chi connectivity index (χ2n) is 10.9. The van der Waals surface area contributed by atoms with Gasteiger partial charge < -0.3 is 14.4 Å². The summed E-state index contributed by atoms with van der Waals surface area (Å²) in [7, 11) is 0. The third kappa shape index (κ3) is 5.43. The Hall–Kier alpha value is -4.39. The molecule has 1 saturated heterocycles. The number of pyridine rings is 2. The molecule has 0 bridgehead atoms. The highest BCUT2D eigenvalue weighted by Gasteiger charge is 2.29. The first kappa shape index (κ1) is 26.2. The summed E-state index contributed by atoms with van der Waals surface area (Å²) in [5.41, 5.74) is 4.19. The van der Waals surface area contributed by atoms with E-state index in [1.54, 1.807) is 21.8 Å². The molecular formula is C29H33N7O3. The molecule has 5 heterocycles. The summed E-state index contributed by atoms with van der Waals surface area (Å²) in [4.78, 5) is 18.7. The van der Waals surface area contributed by atoms with Gasteiger partial charge in [-0.3, -0.25) is 9.67 Å². The minimum atomic E-state index is -0.511. The number of likely N-dealkylation sites (tertiary alicyclic amines) is 1. The van der Waals surface area contributed by atoms with Crippen molar-refractivity contribution in [2.24, 2.45) is 0 Å². The van der Waals surface area contributed by atoms with Crippen molar-refractivity contribution in [2.75, 3.05) is 13.1 Å². The number of rotatable bonds is 5. The predicted octanol–water partition coefficient (Wildman–Crippen LogP) is 5.48. The summed E-state index contributed by atoms with van der Waals surface area (Å²) in [5.74, 6) is 0.553. The van der Waals surface area contributed by atoms with Crippen LogP contribution < -0.4 is 4.74 Å². The molecule has 0 unspecified atom stereocenters. The van der Waals surface area contributed by atoms with Gasteiger partial charge in [-0.25, -0.2) is 9.31 Å². The van der Waals surface area contributed by atoms with Gasteiger partial charge in [0.1, 0.15) is 34.6 Å². The molecule has 5 rings (SSSR count). The maximum absolute atomic E-state index is 12.5. The largest absolute Gasteiger partial charge is 0.482 e. The molecule has 1 aliphatic heterocycles. The van der Waals surface area contributed by atoms with Gasteiger partial charge in [0, 0.05) is 42.3 Å². The zero-order chi connectivity index (χ0) is 27.7. The van der Waals surface area contributed by atoms with Crippen LogP contribution in [0.25, 0.3) is 16.6 Å². The van der Waals surface area contributed by atoms with Gasteiger partial charge >= 0.3 is 6.09 Å². The Kier molecular flexibility index (Phi) is 7.00. The second-order valence-corrected chi connectivity index (χ2v) is 10.9. The maximum Gasteiger partial charge on any atom is 0.410 e. The monoisotopic (exact) mass is 527 g/mol. The van der Waals surface area contributed by atoms with Gasteiger partial charge in [-0.05, 0) is 65.7 Å². The average molecular weight is 528 g/mol. The van der Waals surface area contributed by atoms with Crippen LogP contribution in [0.3, 0.4) is 0 Å². The molecule has 0 spiro atoms. The Morgan fingerprint density at radius 3 is 2.62 bits per heavy atom. The summed E-state index contributed by atoms with van der Waals surface area (Å²) in [6.07, 6.45) is 8.02. The van der Waals surface area contributed by atoms with Crippen molar-refractivity contribution in [2.45, 2.75) is 65.2 Å². The quantitative estimate of drug-likeness (QED) is 0.338. The van der Waals surface area contributed by atoms with Crippen LogP contribution in [0.2, 0.25) is 0 Å². The number of nitriles is 1. The molecule has 4 aromatic heterocycles. The van der Waals surface area contributed by atoms with E-state index < -0.39 is 5.60 Å². The molecule has 1 fully saturated rings. The number of hydrogen-bond donors (Lipinski definition) is 0. The van der Waals surface area contributed by atoms with E-state index in [2.05, 4.69) is 16.2 Å². The number of ether oxygens (including phenoxy) is 2. The molecule has 1 amide bonds. The highest BCUT2D eigenvalue weighted by Crippen LogP contribution is 2.35. The van der Waals surface area contributed by atoms with E-state index in [0.717, 1.165) is 35.4 Å². The first-order valence-corrected chi connectivity index (χ1v) is 13.2. The molecule has 202 valence electrons. The Labute approximate surface area is 227 Å². The SMILES string of the molecule is Cc1c(-c2cc(O[C@H](C)c3ccccn3)c3c(C#N)cnn3c2)cnn1C1CCN(C(=O)OC(C)(C)C)CC1. The van der Waals surface area contributed by atoms with E-state index in [9.17, 15) is 10.1 Å². The fourth-order valence-electron chi connectivity index (χ4n) is 4.96. The molecule has 0 aromatic carbocycles. The van der Waals surface area contributed by atoms with Gasteiger partial charge in [0.2, 0.25) is 0 Å². The lowest BCUT2D eigenvalue weighted by Crippen LogP contribution is -2.42. The van der Waals surface area contributed by atoms with Gasteiger partial charge in [0.05, 0.1) is 24.1 Å². The standard InChI is InChI=1S/C29H33N7O3/c1-19-24(17-33-36(19)23-9-12-34(13-10-23)28(37)39-29(3,4)5)21-14-26(27-22(15-30)16-32-35(27)18-21)38-20(2)25-8-6-7-11-31-25/h6-8,11,14,16-18,20,23H,9-10,12-13H2,1-5H3/t20-/m1/s1. The molecule has 10 heteroatoms. The van der Waals surface area contributed by atoms with E-state index in [4.69, 9.17) is 14.6 Å². The van der Waals surface area contributed by atoms with E-state index in [-0.39, 0.29) is 18.2 Å². The zero-order valence-electron chi connectivity index (χ0n) is 23.0. The maximum atomic E-state index is 12.5. The smallest absolute Gasteiger partial charge is 0.410 e. The number of nitrogens with zero attached hydrogens (tertiary/aromatic N) is 7. The van der Waals surface area contributed by atoms with Gasteiger partial charge in [-0.2, -0.15) is 15.5 Å². The normalized spacial score (nSPS) is 15.2. The molecule has 0 aliphatic carbocycles. The molecule has 4 aromatic rings. The first-order valence-electron chi connectivity index (χ1n) is 13.2. The minimum absolute atomic E-state index is 0.177. The topological polar surface area (TPSA) is 111 Å². The number of piperidine rings is 1. The Balaban J connectivity index is 1.41. The van der Waals surface area contributed by atoms with Crippen LogP contribution in [-0.2, 0) is 4.74 Å². The van der Waals surface area contributed by atoms with Crippen LogP contribution in [-0.4, -0.2) is 54.1 Å². The van der Waals surface area contributed by atoms with Crippen LogP contribution in [0.4, 0.5) is 4.79 Å². The third-order valence-corrected chi connectivity index (χ3v) is 6.92. The molecule has 0 radical (unpaired) electrons. The van der Waals surface area contributed by atoms with E-state index in [0.29, 0.717) is 29.9 Å². The lowest BCUT2D eigenvalue weighted by molar-refractivity contribution is 0.0184. The van der Waals surface area contributed by atoms with Crippen LogP contribution in [0.1, 0.15) is 69.6 Å². The minimum Gasteiger partial charge on any atom is -0.482 e. The summed E-state index contributed by atoms with van der Waals surface area (Å²) in [6, 6.07) is 10.0. The summed E-state index contributed by atoms with van der Waals surface area (Å²) in [6.45, 7) is 10.9. The van der Waals surface area contributed by atoms with E-state index >= 15 is 0 Å². The molecular weight excluding hydrogens is 494 g/mol. The fraction of sp³-hybridized carbons (Fsp3) is 0.414. The van der Waals surface area contributed by atoms with Crippen molar-refractivity contribution in [3.63, 3.8) is 0 Å². The lowest BCUT2D eigenvalue weighted by atomic mass is 10.0. The molecule has 10 nitrogen and oxygen atoms in total. The number of aromatic nitrogens is 5. The summed E-state index contributed by atoms with van der Waals surface area (Å²) >= 11 is 0. The van der Waals surface area contributed by atoms with Crippen molar-refractivity contribution < 1.29 is 14.3 Å². The van der Waals surface area contributed by atoms with E-state index in [1.165, 1.54) is 0 Å². The Morgan fingerprint density at radius 2 is 1.95 bits per heavy atom. The van der Waals surface area contributed by atoms with Crippen molar-refractivity contribution >= 4 is 11.6 Å². The average Bonchev–Trinajstić information content (AvgIpc) is 3.51. The molecule has 0 saturated carbocycles. The number of amides is 1. The van der Waals surface area contributed by atoms with Crippen LogP contribution in [0.5, 0.6) is 5.75 Å². The van der Waals surface area contributed by atoms with E-state index in [1.807, 2.05) is 76.0 Å². The number of carbonyl (C=O) groups excluding carboxylic acids is 1. The van der Waals surface area contributed by atoms with Crippen LogP contribution in [0.15, 0.2) is 49.1 Å². The van der Waals surface area contributed by atoms with Crippen LogP contribution >= 0.6 is 0 Å². The van der Waals surface area contributed by atoms with Gasteiger partial charge in [-0.15, -0.1) is 0 Å². The highest BCUT2D eigenvalue weighted by molar-refractivity contribution is 5.76. The predicted molar refractivity (Wildman–Crippen MR) is 145 cm³/mol. The van der Waals surface area contributed by atoms with Gasteiger partial charge in [0.25, 0.3) is 0 Å². The Morgan fingerprint density at radius 1 is 1.18 bits per heavy atom. The molecule has 0 N–H and O–H groups in total. The van der Waals surface area contributed by atoms with Crippen molar-refractivity contribution in [3.05, 3.63) is 66.0 Å².